The number of nitrogens with zero attached hydrogens (tertiary/aromatic N) is 2. The Bertz CT molecular complexity index is 1450. The highest BCUT2D eigenvalue weighted by Gasteiger charge is 2.21. The average Bonchev–Trinajstić information content (AvgIpc) is 3.31. The average molecular weight is 451 g/mol. The van der Waals surface area contributed by atoms with Crippen molar-refractivity contribution in [2.45, 2.75) is 6.61 Å². The summed E-state index contributed by atoms with van der Waals surface area (Å²) in [5.41, 5.74) is 4.05. The van der Waals surface area contributed by atoms with Gasteiger partial charge in [0.2, 0.25) is 5.76 Å². The van der Waals surface area contributed by atoms with Crippen molar-refractivity contribution in [3.63, 3.8) is 0 Å². The molecule has 0 fully saturated rings. The smallest absolute Gasteiger partial charge is 0.374 e. The molecule has 2 aromatic heterocycles. The number of hydrogen-bond acceptors (Lipinski definition) is 7. The number of aromatic nitrogens is 2. The Labute approximate surface area is 196 Å². The molecule has 5 rings (SSSR count). The standard InChI is InChI=1S/C27H21N3O4/c1-32-27(31)26-23(19-10-11-24-20(12-19)15-28-17-29-24)14-25(34-26)30-21-8-5-9-22(13-21)33-16-18-6-3-2-4-7-18/h2-15,17,30H,16H2,1H3. The van der Waals surface area contributed by atoms with Gasteiger partial charge in [-0.25, -0.2) is 14.8 Å². The minimum Gasteiger partial charge on any atom is -0.489 e. The minimum atomic E-state index is -0.563. The van der Waals surface area contributed by atoms with E-state index in [-0.39, 0.29) is 5.76 Å². The van der Waals surface area contributed by atoms with E-state index < -0.39 is 5.97 Å². The molecule has 168 valence electrons. The number of anilines is 2. The van der Waals surface area contributed by atoms with E-state index in [2.05, 4.69) is 15.3 Å². The van der Waals surface area contributed by atoms with Gasteiger partial charge in [-0.1, -0.05) is 42.5 Å². The number of hydrogen-bond donors (Lipinski definition) is 1. The third kappa shape index (κ3) is 4.59. The number of carbonyl (C=O) groups excluding carboxylic acids is 1. The van der Waals surface area contributed by atoms with Gasteiger partial charge in [0.1, 0.15) is 18.7 Å². The number of rotatable bonds is 7. The van der Waals surface area contributed by atoms with Crippen LogP contribution in [0.3, 0.4) is 0 Å². The summed E-state index contributed by atoms with van der Waals surface area (Å²) in [7, 11) is 1.32. The first kappa shape index (κ1) is 21.2. The topological polar surface area (TPSA) is 86.5 Å². The SMILES string of the molecule is COC(=O)c1oc(Nc2cccc(OCc3ccccc3)c2)cc1-c1ccc2ncncc2c1. The zero-order chi connectivity index (χ0) is 23.3. The summed E-state index contributed by atoms with van der Waals surface area (Å²) >= 11 is 0. The molecule has 0 aliphatic carbocycles. The Kier molecular flexibility index (Phi) is 5.90. The number of benzene rings is 3. The Hall–Kier alpha value is -4.65. The van der Waals surface area contributed by atoms with Crippen LogP contribution in [0.4, 0.5) is 11.6 Å². The molecule has 0 spiro atoms. The first-order valence-electron chi connectivity index (χ1n) is 10.7. The fourth-order valence-electron chi connectivity index (χ4n) is 3.61. The largest absolute Gasteiger partial charge is 0.489 e. The number of methoxy groups -OCH3 is 1. The van der Waals surface area contributed by atoms with Crippen LogP contribution >= 0.6 is 0 Å². The zero-order valence-electron chi connectivity index (χ0n) is 18.4. The van der Waals surface area contributed by atoms with E-state index in [9.17, 15) is 4.79 Å². The highest BCUT2D eigenvalue weighted by atomic mass is 16.5. The first-order valence-corrected chi connectivity index (χ1v) is 10.7. The molecule has 2 heterocycles. The van der Waals surface area contributed by atoms with Crippen LogP contribution in [0.1, 0.15) is 16.1 Å². The lowest BCUT2D eigenvalue weighted by molar-refractivity contribution is 0.0567. The van der Waals surface area contributed by atoms with Crippen LogP contribution in [0.25, 0.3) is 22.0 Å². The molecule has 5 aromatic rings. The number of furan rings is 1. The Morgan fingerprint density at radius 3 is 2.74 bits per heavy atom. The monoisotopic (exact) mass is 451 g/mol. The lowest BCUT2D eigenvalue weighted by atomic mass is 10.0. The summed E-state index contributed by atoms with van der Waals surface area (Å²) in [5, 5.41) is 4.07. The van der Waals surface area contributed by atoms with Crippen molar-refractivity contribution in [3.05, 3.63) is 103 Å². The maximum absolute atomic E-state index is 12.4. The van der Waals surface area contributed by atoms with Crippen LogP contribution in [0.15, 0.2) is 95.8 Å². The number of esters is 1. The molecule has 7 nitrogen and oxygen atoms in total. The number of carbonyl (C=O) groups is 1. The maximum atomic E-state index is 12.4. The fraction of sp³-hybridized carbons (Fsp3) is 0.0741. The van der Waals surface area contributed by atoms with Crippen molar-refractivity contribution in [1.29, 1.82) is 0 Å². The normalized spacial score (nSPS) is 10.7. The Morgan fingerprint density at radius 2 is 1.88 bits per heavy atom. The lowest BCUT2D eigenvalue weighted by Gasteiger charge is -2.08. The van der Waals surface area contributed by atoms with Gasteiger partial charge in [-0.05, 0) is 35.4 Å². The lowest BCUT2D eigenvalue weighted by Crippen LogP contribution is -2.01. The van der Waals surface area contributed by atoms with Crippen LogP contribution in [0.2, 0.25) is 0 Å². The predicted octanol–water partition coefficient (Wildman–Crippen LogP) is 6.00. The van der Waals surface area contributed by atoms with Crippen molar-refractivity contribution in [3.8, 4) is 16.9 Å². The summed E-state index contributed by atoms with van der Waals surface area (Å²) in [4.78, 5) is 20.7. The highest BCUT2D eigenvalue weighted by molar-refractivity contribution is 5.97. The van der Waals surface area contributed by atoms with Gasteiger partial charge in [0.15, 0.2) is 5.88 Å². The van der Waals surface area contributed by atoms with Crippen LogP contribution in [-0.4, -0.2) is 23.0 Å². The second-order valence-corrected chi connectivity index (χ2v) is 7.57. The second kappa shape index (κ2) is 9.46. The summed E-state index contributed by atoms with van der Waals surface area (Å²) in [6, 6.07) is 24.9. The molecular weight excluding hydrogens is 430 g/mol. The van der Waals surface area contributed by atoms with Gasteiger partial charge in [0.25, 0.3) is 0 Å². The molecule has 0 unspecified atom stereocenters. The van der Waals surface area contributed by atoms with Gasteiger partial charge in [-0.3, -0.25) is 0 Å². The molecule has 0 atom stereocenters. The fourth-order valence-corrected chi connectivity index (χ4v) is 3.61. The highest BCUT2D eigenvalue weighted by Crippen LogP contribution is 2.34. The van der Waals surface area contributed by atoms with Gasteiger partial charge in [0, 0.05) is 35.0 Å². The third-order valence-corrected chi connectivity index (χ3v) is 5.27. The number of ether oxygens (including phenoxy) is 2. The molecule has 3 aromatic carbocycles. The van der Waals surface area contributed by atoms with Crippen LogP contribution in [0, 0.1) is 0 Å². The second-order valence-electron chi connectivity index (χ2n) is 7.57. The number of nitrogens with one attached hydrogen (secondary N) is 1. The molecule has 0 saturated carbocycles. The van der Waals surface area contributed by atoms with E-state index in [1.807, 2.05) is 72.8 Å². The maximum Gasteiger partial charge on any atom is 0.374 e. The van der Waals surface area contributed by atoms with Crippen LogP contribution < -0.4 is 10.1 Å². The third-order valence-electron chi connectivity index (χ3n) is 5.27. The predicted molar refractivity (Wildman–Crippen MR) is 129 cm³/mol. The molecule has 0 aliphatic rings. The van der Waals surface area contributed by atoms with Gasteiger partial charge < -0.3 is 19.2 Å². The zero-order valence-corrected chi connectivity index (χ0v) is 18.4. The van der Waals surface area contributed by atoms with E-state index in [0.717, 1.165) is 27.7 Å². The Morgan fingerprint density at radius 1 is 1.00 bits per heavy atom. The quantitative estimate of drug-likeness (QED) is 0.304. The van der Waals surface area contributed by atoms with Crippen molar-refractivity contribution < 1.29 is 18.7 Å². The van der Waals surface area contributed by atoms with E-state index in [1.54, 1.807) is 12.3 Å². The van der Waals surface area contributed by atoms with Crippen molar-refractivity contribution in [2.75, 3.05) is 12.4 Å². The summed E-state index contributed by atoms with van der Waals surface area (Å²) in [5.74, 6) is 0.661. The molecule has 0 aliphatic heterocycles. The van der Waals surface area contributed by atoms with Gasteiger partial charge in [-0.2, -0.15) is 0 Å². The van der Waals surface area contributed by atoms with Crippen molar-refractivity contribution >= 4 is 28.4 Å². The van der Waals surface area contributed by atoms with Gasteiger partial charge in [0.05, 0.1) is 12.6 Å². The van der Waals surface area contributed by atoms with Crippen LogP contribution in [-0.2, 0) is 11.3 Å². The molecule has 0 amide bonds. The Balaban J connectivity index is 1.41. The van der Waals surface area contributed by atoms with E-state index >= 15 is 0 Å². The van der Waals surface area contributed by atoms with Gasteiger partial charge in [-0.15, -0.1) is 0 Å². The van der Waals surface area contributed by atoms with Gasteiger partial charge >= 0.3 is 5.97 Å². The van der Waals surface area contributed by atoms with E-state index in [4.69, 9.17) is 13.9 Å². The van der Waals surface area contributed by atoms with Crippen LogP contribution in [0.5, 0.6) is 5.75 Å². The summed E-state index contributed by atoms with van der Waals surface area (Å²) in [6.07, 6.45) is 3.23. The van der Waals surface area contributed by atoms with E-state index in [1.165, 1.54) is 13.4 Å². The first-order chi connectivity index (χ1) is 16.7. The van der Waals surface area contributed by atoms with Crippen molar-refractivity contribution in [1.82, 2.24) is 9.97 Å². The summed E-state index contributed by atoms with van der Waals surface area (Å²) < 4.78 is 16.7. The van der Waals surface area contributed by atoms with E-state index in [0.29, 0.717) is 23.8 Å². The number of fused-ring (bicyclic) bond motifs is 1. The summed E-state index contributed by atoms with van der Waals surface area (Å²) in [6.45, 7) is 0.466. The molecule has 34 heavy (non-hydrogen) atoms. The molecular formula is C27H21N3O4. The molecule has 0 bridgehead atoms. The minimum absolute atomic E-state index is 0.109. The molecule has 0 saturated heterocycles. The molecule has 1 N–H and O–H groups in total. The molecule has 7 heteroatoms. The van der Waals surface area contributed by atoms with Crippen molar-refractivity contribution in [2.24, 2.45) is 0 Å². The molecule has 0 radical (unpaired) electrons.